The minimum absolute atomic E-state index is 0. The van der Waals surface area contributed by atoms with Crippen molar-refractivity contribution in [3.63, 3.8) is 0 Å². The van der Waals surface area contributed by atoms with E-state index in [0.717, 1.165) is 33.4 Å². The number of hydrogen-bond acceptors (Lipinski definition) is 3. The zero-order chi connectivity index (χ0) is 13.3. The van der Waals surface area contributed by atoms with Gasteiger partial charge in [0.25, 0.3) is 0 Å². The van der Waals surface area contributed by atoms with Crippen molar-refractivity contribution in [3.05, 3.63) is 23.7 Å². The summed E-state index contributed by atoms with van der Waals surface area (Å²) >= 11 is 0. The number of hydrogen-bond donors (Lipinski definition) is 1. The second kappa shape index (κ2) is 6.14. The van der Waals surface area contributed by atoms with Crippen molar-refractivity contribution >= 4 is 21.1 Å². The quantitative estimate of drug-likeness (QED) is 0.836. The molecule has 0 saturated heterocycles. The Balaban J connectivity index is 0.00000180. The molecular formula is C13H19N3ORhSi. The molecule has 2 heterocycles. The first kappa shape index (κ1) is 16.3. The first-order valence-electron chi connectivity index (χ1n) is 6.22. The van der Waals surface area contributed by atoms with E-state index in [1.807, 2.05) is 26.1 Å². The summed E-state index contributed by atoms with van der Waals surface area (Å²) in [5, 5.41) is 14.8. The van der Waals surface area contributed by atoms with Gasteiger partial charge >= 0.3 is 0 Å². The van der Waals surface area contributed by atoms with Gasteiger partial charge in [0.2, 0.25) is 0 Å². The molecule has 0 amide bonds. The molecule has 1 aromatic rings. The van der Waals surface area contributed by atoms with E-state index in [2.05, 4.69) is 23.6 Å². The van der Waals surface area contributed by atoms with E-state index in [0.29, 0.717) is 11.6 Å². The molecule has 2 rings (SSSR count). The molecule has 1 aromatic heterocycles. The van der Waals surface area contributed by atoms with Crippen LogP contribution < -0.4 is 0 Å². The predicted octanol–water partition coefficient (Wildman–Crippen LogP) is 2.71. The third-order valence-corrected chi connectivity index (χ3v) is 4.45. The average molecular weight is 364 g/mol. The van der Waals surface area contributed by atoms with Crippen molar-refractivity contribution in [2.45, 2.75) is 39.8 Å². The van der Waals surface area contributed by atoms with Gasteiger partial charge in [0.05, 0.1) is 11.1 Å². The Hall–Kier alpha value is -0.740. The Morgan fingerprint density at radius 3 is 2.68 bits per heavy atom. The van der Waals surface area contributed by atoms with Gasteiger partial charge in [0, 0.05) is 40.9 Å². The van der Waals surface area contributed by atoms with E-state index in [1.54, 1.807) is 4.68 Å². The van der Waals surface area contributed by atoms with Gasteiger partial charge < -0.3 is 5.11 Å². The van der Waals surface area contributed by atoms with Crippen LogP contribution in [0.15, 0.2) is 23.0 Å². The van der Waals surface area contributed by atoms with Crippen LogP contribution in [0.25, 0.3) is 5.82 Å². The second-order valence-electron chi connectivity index (χ2n) is 4.84. The predicted molar refractivity (Wildman–Crippen MR) is 74.9 cm³/mol. The summed E-state index contributed by atoms with van der Waals surface area (Å²) in [6, 6.07) is 2.97. The number of aromatic nitrogens is 2. The Bertz CT molecular complexity index is 524. The number of rotatable bonds is 4. The van der Waals surface area contributed by atoms with Crippen LogP contribution in [-0.2, 0) is 25.5 Å². The molecule has 0 fully saturated rings. The summed E-state index contributed by atoms with van der Waals surface area (Å²) in [7, 11) is 0.847. The van der Waals surface area contributed by atoms with Gasteiger partial charge in [-0.25, -0.2) is 9.67 Å². The molecule has 105 valence electrons. The van der Waals surface area contributed by atoms with E-state index in [9.17, 15) is 5.11 Å². The van der Waals surface area contributed by atoms with E-state index in [4.69, 9.17) is 0 Å². The summed E-state index contributed by atoms with van der Waals surface area (Å²) in [5.41, 5.74) is 1.66. The van der Waals surface area contributed by atoms with Gasteiger partial charge in [0.15, 0.2) is 5.82 Å². The molecule has 3 radical (unpaired) electrons. The van der Waals surface area contributed by atoms with Crippen LogP contribution in [-0.4, -0.2) is 30.1 Å². The van der Waals surface area contributed by atoms with E-state index in [-0.39, 0.29) is 24.9 Å². The molecule has 19 heavy (non-hydrogen) atoms. The average Bonchev–Trinajstić information content (AvgIpc) is 2.89. The fourth-order valence-electron chi connectivity index (χ4n) is 2.09. The number of aliphatic imine (C=N–C) groups is 1. The molecule has 0 spiro atoms. The summed E-state index contributed by atoms with van der Waals surface area (Å²) in [5.74, 6) is 0.902. The molecule has 0 bridgehead atoms. The Kier molecular flexibility index (Phi) is 5.27. The molecule has 1 aliphatic rings. The van der Waals surface area contributed by atoms with Gasteiger partial charge in [0.1, 0.15) is 5.76 Å². The Morgan fingerprint density at radius 1 is 1.47 bits per heavy atom. The normalized spacial score (nSPS) is 22.4. The number of aliphatic hydroxyl groups excluding tert-OH is 1. The maximum atomic E-state index is 10.4. The largest absolute Gasteiger partial charge is 0.507 e. The molecular weight excluding hydrogens is 345 g/mol. The van der Waals surface area contributed by atoms with Crippen molar-refractivity contribution in [2.75, 3.05) is 0 Å². The maximum Gasteiger partial charge on any atom is 0.192 e. The fourth-order valence-corrected chi connectivity index (χ4v) is 2.64. The third-order valence-electron chi connectivity index (χ3n) is 3.73. The fraction of sp³-hybridized carbons (Fsp3) is 0.538. The topological polar surface area (TPSA) is 50.4 Å². The van der Waals surface area contributed by atoms with Gasteiger partial charge in [-0.3, -0.25) is 0 Å². The molecule has 1 atom stereocenters. The third kappa shape index (κ3) is 2.75. The molecule has 1 unspecified atom stereocenters. The van der Waals surface area contributed by atoms with Gasteiger partial charge in [-0.2, -0.15) is 5.10 Å². The summed E-state index contributed by atoms with van der Waals surface area (Å²) in [6.45, 7) is 8.20. The smallest absolute Gasteiger partial charge is 0.192 e. The zero-order valence-corrected chi connectivity index (χ0v) is 14.3. The molecule has 4 nitrogen and oxygen atoms in total. The SMILES string of the molecule is CCC1(C)C(C)=NC(n2ccc(C[Si]C)n2)=C1O.[Rh]. The zero-order valence-electron chi connectivity index (χ0n) is 11.7. The van der Waals surface area contributed by atoms with Crippen LogP contribution in [0, 0.1) is 5.41 Å². The summed E-state index contributed by atoms with van der Waals surface area (Å²) in [4.78, 5) is 4.49. The number of nitrogens with zero attached hydrogens (tertiary/aromatic N) is 3. The first-order valence-corrected chi connectivity index (χ1v) is 7.92. The molecule has 6 heteroatoms. The molecule has 1 N–H and O–H groups in total. The summed E-state index contributed by atoms with van der Waals surface area (Å²) in [6.07, 6.45) is 2.71. The monoisotopic (exact) mass is 364 g/mol. The molecule has 0 saturated carbocycles. The van der Waals surface area contributed by atoms with Crippen molar-refractivity contribution in [1.82, 2.24) is 9.78 Å². The van der Waals surface area contributed by atoms with Crippen LogP contribution in [0.3, 0.4) is 0 Å². The maximum absolute atomic E-state index is 10.4. The minimum Gasteiger partial charge on any atom is -0.507 e. The molecule has 0 aromatic carbocycles. The second-order valence-corrected chi connectivity index (χ2v) is 5.90. The van der Waals surface area contributed by atoms with Crippen molar-refractivity contribution in [2.24, 2.45) is 10.4 Å². The van der Waals surface area contributed by atoms with Gasteiger partial charge in [-0.05, 0) is 32.4 Å². The first-order chi connectivity index (χ1) is 8.52. The van der Waals surface area contributed by atoms with Crippen molar-refractivity contribution in [3.8, 4) is 0 Å². The van der Waals surface area contributed by atoms with E-state index < -0.39 is 0 Å². The standard InChI is InChI=1S/C13H19N3OSi.Rh/c1-5-13(3)9(2)14-12(11(13)17)16-7-6-10(15-16)8-18-4;/h6-7,17H,5,8H2,1-4H3;. The Morgan fingerprint density at radius 2 is 2.16 bits per heavy atom. The minimum atomic E-state index is -0.339. The number of allylic oxidation sites excluding steroid dienone is 1. The van der Waals surface area contributed by atoms with Crippen LogP contribution in [0.1, 0.15) is 32.9 Å². The Labute approximate surface area is 129 Å². The van der Waals surface area contributed by atoms with Crippen LogP contribution in [0.5, 0.6) is 0 Å². The molecule has 1 aliphatic heterocycles. The van der Waals surface area contributed by atoms with Crippen molar-refractivity contribution in [1.29, 1.82) is 0 Å². The van der Waals surface area contributed by atoms with Crippen molar-refractivity contribution < 1.29 is 24.6 Å². The van der Waals surface area contributed by atoms with Crippen LogP contribution in [0.2, 0.25) is 6.55 Å². The van der Waals surface area contributed by atoms with Crippen LogP contribution in [0.4, 0.5) is 0 Å². The van der Waals surface area contributed by atoms with Gasteiger partial charge in [-0.15, -0.1) is 0 Å². The summed E-state index contributed by atoms with van der Waals surface area (Å²) < 4.78 is 1.69. The number of aliphatic hydroxyl groups is 1. The molecule has 0 aliphatic carbocycles. The van der Waals surface area contributed by atoms with E-state index >= 15 is 0 Å². The van der Waals surface area contributed by atoms with E-state index in [1.165, 1.54) is 0 Å². The van der Waals surface area contributed by atoms with Crippen LogP contribution >= 0.6 is 0 Å². The van der Waals surface area contributed by atoms with Gasteiger partial charge in [-0.1, -0.05) is 13.5 Å².